The minimum atomic E-state index is -0.295. The number of nitrogens with one attached hydrogen (secondary N) is 1. The van der Waals surface area contributed by atoms with Gasteiger partial charge in [0, 0.05) is 14.2 Å². The maximum absolute atomic E-state index is 5.85. The van der Waals surface area contributed by atoms with E-state index in [0.29, 0.717) is 5.15 Å². The van der Waals surface area contributed by atoms with Gasteiger partial charge < -0.3 is 14.8 Å². The van der Waals surface area contributed by atoms with Crippen molar-refractivity contribution in [3.63, 3.8) is 0 Å². The van der Waals surface area contributed by atoms with E-state index in [1.165, 1.54) is 0 Å². The molecule has 5 heteroatoms. The summed E-state index contributed by atoms with van der Waals surface area (Å²) in [5.41, 5.74) is 1.83. The number of methoxy groups -OCH3 is 2. The van der Waals surface area contributed by atoms with Crippen molar-refractivity contribution in [2.24, 2.45) is 0 Å². The van der Waals surface area contributed by atoms with Crippen LogP contribution >= 0.6 is 11.6 Å². The molecule has 0 bridgehead atoms. The van der Waals surface area contributed by atoms with E-state index in [-0.39, 0.29) is 12.3 Å². The van der Waals surface area contributed by atoms with Crippen LogP contribution in [0.4, 0.5) is 5.69 Å². The smallest absolute Gasteiger partial charge is 0.176 e. The summed E-state index contributed by atoms with van der Waals surface area (Å²) >= 11 is 5.85. The van der Waals surface area contributed by atoms with Crippen LogP contribution in [0.15, 0.2) is 12.3 Å². The number of pyridine rings is 1. The summed E-state index contributed by atoms with van der Waals surface area (Å²) in [4.78, 5) is 4.06. The maximum Gasteiger partial charge on any atom is 0.176 e. The van der Waals surface area contributed by atoms with Gasteiger partial charge in [-0.2, -0.15) is 0 Å². The van der Waals surface area contributed by atoms with Gasteiger partial charge in [-0.05, 0) is 25.5 Å². The molecule has 0 radical (unpaired) electrons. The highest BCUT2D eigenvalue weighted by Crippen LogP contribution is 2.17. The van der Waals surface area contributed by atoms with Gasteiger partial charge in [-0.1, -0.05) is 11.6 Å². The quantitative estimate of drug-likeness (QED) is 0.638. The van der Waals surface area contributed by atoms with Crippen LogP contribution in [-0.4, -0.2) is 31.5 Å². The molecule has 0 amide bonds. The second kappa shape index (κ2) is 6.03. The Morgan fingerprint density at radius 1 is 1.38 bits per heavy atom. The normalized spacial score (nSPS) is 12.9. The van der Waals surface area contributed by atoms with E-state index >= 15 is 0 Å². The molecule has 1 aromatic rings. The SMILES string of the molecule is COC(OC)C(C)Nc1cnc(Cl)c(C)c1. The Balaban J connectivity index is 2.69. The van der Waals surface area contributed by atoms with Crippen LogP contribution in [0.25, 0.3) is 0 Å². The highest BCUT2D eigenvalue weighted by atomic mass is 35.5. The van der Waals surface area contributed by atoms with E-state index in [0.717, 1.165) is 11.3 Å². The second-order valence-corrected chi connectivity index (χ2v) is 3.96. The highest BCUT2D eigenvalue weighted by Gasteiger charge is 2.15. The number of hydrogen-bond acceptors (Lipinski definition) is 4. The molecule has 0 saturated heterocycles. The van der Waals surface area contributed by atoms with E-state index in [4.69, 9.17) is 21.1 Å². The average Bonchev–Trinajstić information content (AvgIpc) is 2.25. The molecule has 16 heavy (non-hydrogen) atoms. The van der Waals surface area contributed by atoms with E-state index in [2.05, 4.69) is 10.3 Å². The van der Waals surface area contributed by atoms with Gasteiger partial charge in [0.1, 0.15) is 5.15 Å². The van der Waals surface area contributed by atoms with E-state index in [1.54, 1.807) is 20.4 Å². The van der Waals surface area contributed by atoms with Crippen LogP contribution < -0.4 is 5.32 Å². The Kier molecular flexibility index (Phi) is 4.99. The monoisotopic (exact) mass is 244 g/mol. The lowest BCUT2D eigenvalue weighted by Gasteiger charge is -2.23. The van der Waals surface area contributed by atoms with Crippen molar-refractivity contribution in [3.8, 4) is 0 Å². The Morgan fingerprint density at radius 3 is 2.50 bits per heavy atom. The van der Waals surface area contributed by atoms with E-state index in [1.807, 2.05) is 19.9 Å². The third-order valence-electron chi connectivity index (χ3n) is 2.28. The van der Waals surface area contributed by atoms with E-state index in [9.17, 15) is 0 Å². The van der Waals surface area contributed by atoms with Crippen LogP contribution in [0.1, 0.15) is 12.5 Å². The van der Waals surface area contributed by atoms with Crippen molar-refractivity contribution in [1.82, 2.24) is 4.98 Å². The summed E-state index contributed by atoms with van der Waals surface area (Å²) in [7, 11) is 3.22. The number of ether oxygens (including phenoxy) is 2. The summed E-state index contributed by atoms with van der Waals surface area (Å²) < 4.78 is 10.3. The molecule has 1 heterocycles. The molecule has 90 valence electrons. The van der Waals surface area contributed by atoms with Crippen molar-refractivity contribution in [3.05, 3.63) is 23.0 Å². The lowest BCUT2D eigenvalue weighted by Crippen LogP contribution is -2.33. The van der Waals surface area contributed by atoms with Gasteiger partial charge in [0.15, 0.2) is 6.29 Å². The van der Waals surface area contributed by atoms with Crippen molar-refractivity contribution in [2.45, 2.75) is 26.2 Å². The first-order valence-electron chi connectivity index (χ1n) is 5.02. The average molecular weight is 245 g/mol. The van der Waals surface area contributed by atoms with Crippen molar-refractivity contribution >= 4 is 17.3 Å². The first-order chi connectivity index (χ1) is 7.58. The largest absolute Gasteiger partial charge is 0.376 e. The number of hydrogen-bond donors (Lipinski definition) is 1. The van der Waals surface area contributed by atoms with Gasteiger partial charge in [0.2, 0.25) is 0 Å². The van der Waals surface area contributed by atoms with E-state index < -0.39 is 0 Å². The molecule has 1 N–H and O–H groups in total. The number of rotatable bonds is 5. The predicted octanol–water partition coefficient (Wildman–Crippen LogP) is 2.46. The topological polar surface area (TPSA) is 43.4 Å². The van der Waals surface area contributed by atoms with Gasteiger partial charge >= 0.3 is 0 Å². The number of halogens is 1. The Bertz CT molecular complexity index is 343. The summed E-state index contributed by atoms with van der Waals surface area (Å²) in [6, 6.07) is 1.96. The number of aryl methyl sites for hydroxylation is 1. The molecule has 0 spiro atoms. The van der Waals surface area contributed by atoms with Crippen molar-refractivity contribution < 1.29 is 9.47 Å². The molecule has 1 unspecified atom stereocenters. The zero-order valence-electron chi connectivity index (χ0n) is 9.95. The molecule has 0 saturated carbocycles. The fourth-order valence-corrected chi connectivity index (χ4v) is 1.58. The van der Waals surface area contributed by atoms with Crippen molar-refractivity contribution in [1.29, 1.82) is 0 Å². The Hall–Kier alpha value is -0.840. The van der Waals surface area contributed by atoms with Crippen LogP contribution in [0, 0.1) is 6.92 Å². The van der Waals surface area contributed by atoms with Gasteiger partial charge in [-0.3, -0.25) is 0 Å². The summed E-state index contributed by atoms with van der Waals surface area (Å²) in [5.74, 6) is 0. The maximum atomic E-state index is 5.85. The fraction of sp³-hybridized carbons (Fsp3) is 0.545. The molecule has 0 aliphatic rings. The lowest BCUT2D eigenvalue weighted by atomic mass is 10.2. The molecule has 4 nitrogen and oxygen atoms in total. The predicted molar refractivity (Wildman–Crippen MR) is 64.9 cm³/mol. The lowest BCUT2D eigenvalue weighted by molar-refractivity contribution is -0.109. The van der Waals surface area contributed by atoms with Crippen LogP contribution in [0.3, 0.4) is 0 Å². The molecule has 0 aliphatic heterocycles. The third-order valence-corrected chi connectivity index (χ3v) is 2.68. The molecular formula is C11H17ClN2O2. The molecule has 0 aliphatic carbocycles. The molecule has 0 aromatic carbocycles. The second-order valence-electron chi connectivity index (χ2n) is 3.60. The fourth-order valence-electron chi connectivity index (χ4n) is 1.47. The Labute approximate surface area is 101 Å². The number of aromatic nitrogens is 1. The van der Waals surface area contributed by atoms with Crippen LogP contribution in [-0.2, 0) is 9.47 Å². The highest BCUT2D eigenvalue weighted by molar-refractivity contribution is 6.30. The summed E-state index contributed by atoms with van der Waals surface area (Å²) in [6.45, 7) is 3.89. The minimum Gasteiger partial charge on any atom is -0.376 e. The minimum absolute atomic E-state index is 0.0253. The molecule has 1 atom stereocenters. The number of nitrogens with zero attached hydrogens (tertiary/aromatic N) is 1. The van der Waals surface area contributed by atoms with Crippen LogP contribution in [0.5, 0.6) is 0 Å². The van der Waals surface area contributed by atoms with Crippen molar-refractivity contribution in [2.75, 3.05) is 19.5 Å². The first kappa shape index (κ1) is 13.2. The Morgan fingerprint density at radius 2 is 2.00 bits per heavy atom. The molecule has 1 aromatic heterocycles. The molecular weight excluding hydrogens is 228 g/mol. The van der Waals surface area contributed by atoms with Gasteiger partial charge in [0.25, 0.3) is 0 Å². The third kappa shape index (κ3) is 3.33. The summed E-state index contributed by atoms with van der Waals surface area (Å²) in [6.07, 6.45) is 1.39. The standard InChI is InChI=1S/C11H17ClN2O2/c1-7-5-9(6-13-10(7)12)14-8(2)11(15-3)16-4/h5-6,8,11,14H,1-4H3. The van der Waals surface area contributed by atoms with Crippen LogP contribution in [0.2, 0.25) is 5.15 Å². The zero-order chi connectivity index (χ0) is 12.1. The van der Waals surface area contributed by atoms with Gasteiger partial charge in [-0.25, -0.2) is 4.98 Å². The molecule has 0 fully saturated rings. The van der Waals surface area contributed by atoms with Gasteiger partial charge in [0.05, 0.1) is 17.9 Å². The summed E-state index contributed by atoms with van der Waals surface area (Å²) in [5, 5.41) is 3.76. The zero-order valence-corrected chi connectivity index (χ0v) is 10.7. The van der Waals surface area contributed by atoms with Gasteiger partial charge in [-0.15, -0.1) is 0 Å². The molecule has 1 rings (SSSR count). The first-order valence-corrected chi connectivity index (χ1v) is 5.40. The number of anilines is 1.